The Labute approximate surface area is 121 Å². The smallest absolute Gasteiger partial charge is 0.260 e. The van der Waals surface area contributed by atoms with Crippen molar-refractivity contribution in [2.24, 2.45) is 0 Å². The summed E-state index contributed by atoms with van der Waals surface area (Å²) in [5.41, 5.74) is 0. The van der Waals surface area contributed by atoms with Gasteiger partial charge in [0, 0.05) is 38.8 Å². The number of halogens is 2. The lowest BCUT2D eigenvalue weighted by atomic mass is 10.3. The van der Waals surface area contributed by atoms with Gasteiger partial charge in [0.2, 0.25) is 0 Å². The summed E-state index contributed by atoms with van der Waals surface area (Å²) in [5.74, 6) is -1.84. The van der Waals surface area contributed by atoms with Crippen molar-refractivity contribution < 1.29 is 23.4 Å². The normalized spacial score (nSPS) is 16.0. The van der Waals surface area contributed by atoms with Crippen LogP contribution in [0.4, 0.5) is 8.78 Å². The van der Waals surface area contributed by atoms with Crippen LogP contribution >= 0.6 is 0 Å². The van der Waals surface area contributed by atoms with E-state index in [1.54, 1.807) is 4.90 Å². The maximum absolute atomic E-state index is 13.4. The molecular weight excluding hydrogens is 282 g/mol. The zero-order valence-electron chi connectivity index (χ0n) is 11.6. The first-order valence-electron chi connectivity index (χ1n) is 6.79. The molecule has 21 heavy (non-hydrogen) atoms. The number of aliphatic hydroxyl groups excluding tert-OH is 1. The number of amides is 1. The van der Waals surface area contributed by atoms with Crippen LogP contribution in [0.2, 0.25) is 0 Å². The molecule has 0 aromatic heterocycles. The molecule has 0 spiro atoms. The second-order valence-electron chi connectivity index (χ2n) is 4.81. The van der Waals surface area contributed by atoms with Gasteiger partial charge in [0.05, 0.1) is 6.61 Å². The highest BCUT2D eigenvalue weighted by molar-refractivity contribution is 5.77. The topological polar surface area (TPSA) is 53.0 Å². The second-order valence-corrected chi connectivity index (χ2v) is 4.81. The highest BCUT2D eigenvalue weighted by Crippen LogP contribution is 2.18. The molecule has 1 aromatic rings. The summed E-state index contributed by atoms with van der Waals surface area (Å²) in [6.45, 7) is 2.80. The molecule has 0 atom stereocenters. The van der Waals surface area contributed by atoms with E-state index in [2.05, 4.69) is 4.90 Å². The number of β-amino-alcohol motifs (C(OH)–C–C–N with tert-alkyl or cyclic N) is 1. The summed E-state index contributed by atoms with van der Waals surface area (Å²) in [6.07, 6.45) is 0. The van der Waals surface area contributed by atoms with E-state index in [0.717, 1.165) is 18.2 Å². The zero-order chi connectivity index (χ0) is 15.2. The van der Waals surface area contributed by atoms with Crippen LogP contribution in [0.3, 0.4) is 0 Å². The molecule has 0 saturated carbocycles. The fraction of sp³-hybridized carbons (Fsp3) is 0.500. The Hall–Kier alpha value is -1.73. The number of benzene rings is 1. The van der Waals surface area contributed by atoms with Crippen molar-refractivity contribution in [3.8, 4) is 5.75 Å². The summed E-state index contributed by atoms with van der Waals surface area (Å²) < 4.78 is 31.4. The number of carbonyl (C=O) groups is 1. The van der Waals surface area contributed by atoms with Crippen LogP contribution < -0.4 is 4.74 Å². The molecule has 1 aliphatic rings. The van der Waals surface area contributed by atoms with E-state index in [1.807, 2.05) is 0 Å². The van der Waals surface area contributed by atoms with Crippen LogP contribution in [0, 0.1) is 11.6 Å². The minimum absolute atomic E-state index is 0.0932. The Morgan fingerprint density at radius 3 is 2.62 bits per heavy atom. The Morgan fingerprint density at radius 2 is 1.95 bits per heavy atom. The van der Waals surface area contributed by atoms with Crippen LogP contribution in [0.5, 0.6) is 5.75 Å². The Kier molecular flexibility index (Phi) is 5.46. The number of hydrogen-bond acceptors (Lipinski definition) is 4. The molecule has 0 aliphatic carbocycles. The minimum atomic E-state index is -0.697. The van der Waals surface area contributed by atoms with Crippen molar-refractivity contribution in [1.82, 2.24) is 9.80 Å². The van der Waals surface area contributed by atoms with Crippen LogP contribution in [-0.2, 0) is 4.79 Å². The summed E-state index contributed by atoms with van der Waals surface area (Å²) in [4.78, 5) is 15.6. The van der Waals surface area contributed by atoms with E-state index < -0.39 is 11.6 Å². The summed E-state index contributed by atoms with van der Waals surface area (Å²) in [7, 11) is 0. The molecule has 1 fully saturated rings. The number of rotatable bonds is 5. The largest absolute Gasteiger partial charge is 0.481 e. The molecule has 1 aliphatic heterocycles. The zero-order valence-corrected chi connectivity index (χ0v) is 11.6. The summed E-state index contributed by atoms with van der Waals surface area (Å²) >= 11 is 0. The van der Waals surface area contributed by atoms with Crippen LogP contribution in [0.25, 0.3) is 0 Å². The van der Waals surface area contributed by atoms with E-state index in [4.69, 9.17) is 9.84 Å². The first-order valence-corrected chi connectivity index (χ1v) is 6.79. The maximum Gasteiger partial charge on any atom is 0.260 e. The van der Waals surface area contributed by atoms with Crippen molar-refractivity contribution in [2.75, 3.05) is 45.9 Å². The number of piperazine rings is 1. The van der Waals surface area contributed by atoms with E-state index >= 15 is 0 Å². The minimum Gasteiger partial charge on any atom is -0.481 e. The van der Waals surface area contributed by atoms with Crippen molar-refractivity contribution in [1.29, 1.82) is 0 Å². The fourth-order valence-electron chi connectivity index (χ4n) is 2.18. The lowest BCUT2D eigenvalue weighted by Crippen LogP contribution is -2.50. The molecule has 1 aromatic carbocycles. The molecule has 5 nitrogen and oxygen atoms in total. The predicted octanol–water partition coefficient (Wildman–Crippen LogP) is 0.480. The number of aliphatic hydroxyl groups is 1. The van der Waals surface area contributed by atoms with Gasteiger partial charge in [-0.25, -0.2) is 8.78 Å². The average Bonchev–Trinajstić information content (AvgIpc) is 2.49. The van der Waals surface area contributed by atoms with Gasteiger partial charge in [-0.15, -0.1) is 0 Å². The molecule has 7 heteroatoms. The molecule has 1 saturated heterocycles. The third-order valence-corrected chi connectivity index (χ3v) is 3.39. The van der Waals surface area contributed by atoms with Crippen molar-refractivity contribution in [3.05, 3.63) is 29.8 Å². The first-order chi connectivity index (χ1) is 10.1. The molecule has 1 amide bonds. The quantitative estimate of drug-likeness (QED) is 0.859. The Balaban J connectivity index is 1.81. The van der Waals surface area contributed by atoms with Gasteiger partial charge in [-0.2, -0.15) is 0 Å². The Morgan fingerprint density at radius 1 is 1.24 bits per heavy atom. The molecule has 1 heterocycles. The van der Waals surface area contributed by atoms with Gasteiger partial charge in [-0.1, -0.05) is 0 Å². The SMILES string of the molecule is O=C(COc1cc(F)ccc1F)N1CCN(CCO)CC1. The standard InChI is InChI=1S/C14H18F2N2O3/c15-11-1-2-12(16)13(9-11)21-10-14(20)18-5-3-17(4-6-18)7-8-19/h1-2,9,19H,3-8,10H2. The van der Waals surface area contributed by atoms with Gasteiger partial charge in [0.1, 0.15) is 5.82 Å². The summed E-state index contributed by atoms with van der Waals surface area (Å²) in [6, 6.07) is 2.87. The number of hydrogen-bond donors (Lipinski definition) is 1. The molecule has 0 unspecified atom stereocenters. The predicted molar refractivity (Wildman–Crippen MR) is 72.0 cm³/mol. The second kappa shape index (κ2) is 7.33. The van der Waals surface area contributed by atoms with Gasteiger partial charge in [-0.3, -0.25) is 9.69 Å². The molecule has 116 valence electrons. The molecule has 0 radical (unpaired) electrons. The van der Waals surface area contributed by atoms with Crippen molar-refractivity contribution in [2.45, 2.75) is 0 Å². The monoisotopic (exact) mass is 300 g/mol. The first kappa shape index (κ1) is 15.7. The molecular formula is C14H18F2N2O3. The van der Waals surface area contributed by atoms with Crippen molar-refractivity contribution >= 4 is 5.91 Å². The van der Waals surface area contributed by atoms with Gasteiger partial charge >= 0.3 is 0 Å². The van der Waals surface area contributed by atoms with Gasteiger partial charge < -0.3 is 14.7 Å². The Bertz CT molecular complexity index is 491. The summed E-state index contributed by atoms with van der Waals surface area (Å²) in [5, 5.41) is 8.84. The lowest BCUT2D eigenvalue weighted by molar-refractivity contribution is -0.135. The van der Waals surface area contributed by atoms with Crippen molar-refractivity contribution in [3.63, 3.8) is 0 Å². The maximum atomic E-state index is 13.4. The number of nitrogens with zero attached hydrogens (tertiary/aromatic N) is 2. The third kappa shape index (κ3) is 4.37. The van der Waals surface area contributed by atoms with E-state index in [9.17, 15) is 13.6 Å². The van der Waals surface area contributed by atoms with Crippen LogP contribution in [0.1, 0.15) is 0 Å². The van der Waals surface area contributed by atoms with Gasteiger partial charge in [0.25, 0.3) is 5.91 Å². The highest BCUT2D eigenvalue weighted by atomic mass is 19.1. The third-order valence-electron chi connectivity index (χ3n) is 3.39. The van der Waals surface area contributed by atoms with Gasteiger partial charge in [-0.05, 0) is 12.1 Å². The van der Waals surface area contributed by atoms with E-state index in [-0.39, 0.29) is 24.9 Å². The number of carbonyl (C=O) groups excluding carboxylic acids is 1. The molecule has 2 rings (SSSR count). The number of ether oxygens (including phenoxy) is 1. The fourth-order valence-corrected chi connectivity index (χ4v) is 2.18. The van der Waals surface area contributed by atoms with Crippen LogP contribution in [-0.4, -0.2) is 66.8 Å². The van der Waals surface area contributed by atoms with Crippen LogP contribution in [0.15, 0.2) is 18.2 Å². The molecule has 1 N–H and O–H groups in total. The molecule has 0 bridgehead atoms. The van der Waals surface area contributed by atoms with Gasteiger partial charge in [0.15, 0.2) is 18.2 Å². The average molecular weight is 300 g/mol. The van der Waals surface area contributed by atoms with E-state index in [0.29, 0.717) is 32.7 Å². The highest BCUT2D eigenvalue weighted by Gasteiger charge is 2.21. The van der Waals surface area contributed by atoms with E-state index in [1.165, 1.54) is 0 Å². The lowest BCUT2D eigenvalue weighted by Gasteiger charge is -2.34.